The number of nitrogens with zero attached hydrogens (tertiary/aromatic N) is 2. The lowest BCUT2D eigenvalue weighted by molar-refractivity contribution is 0.0967. The molecule has 5 nitrogen and oxygen atoms in total. The molecule has 0 radical (unpaired) electrons. The van der Waals surface area contributed by atoms with E-state index in [9.17, 15) is 14.7 Å². The summed E-state index contributed by atoms with van der Waals surface area (Å²) in [5.74, 6) is -0.340. The number of allylic oxidation sites excluding steroid dienone is 1. The van der Waals surface area contributed by atoms with Gasteiger partial charge in [-0.15, -0.1) is 11.3 Å². The van der Waals surface area contributed by atoms with Crippen LogP contribution in [0, 0.1) is 0 Å². The van der Waals surface area contributed by atoms with E-state index in [1.165, 1.54) is 22.0 Å². The van der Waals surface area contributed by atoms with Gasteiger partial charge in [0.05, 0.1) is 16.3 Å². The van der Waals surface area contributed by atoms with Crippen molar-refractivity contribution >= 4 is 23.3 Å². The van der Waals surface area contributed by atoms with Gasteiger partial charge in [-0.05, 0) is 47.4 Å². The number of aromatic hydroxyl groups is 1. The van der Waals surface area contributed by atoms with Crippen LogP contribution < -0.4 is 5.69 Å². The molecule has 28 heavy (non-hydrogen) atoms. The first-order valence-electron chi connectivity index (χ1n) is 8.58. The lowest BCUT2D eigenvalue weighted by atomic mass is 10.2. The van der Waals surface area contributed by atoms with Crippen molar-refractivity contribution in [2.45, 2.75) is 0 Å². The van der Waals surface area contributed by atoms with Crippen molar-refractivity contribution in [1.29, 1.82) is 0 Å². The maximum Gasteiger partial charge on any atom is 0.340 e. The number of thiophene rings is 1. The number of carbonyl (C=O) groups is 1. The van der Waals surface area contributed by atoms with Gasteiger partial charge in [0.2, 0.25) is 0 Å². The first kappa shape index (κ1) is 17.8. The molecule has 0 aliphatic rings. The van der Waals surface area contributed by atoms with Crippen LogP contribution in [0.15, 0.2) is 89.2 Å². The third-order valence-corrected chi connectivity index (χ3v) is 5.10. The highest BCUT2D eigenvalue weighted by Gasteiger charge is 2.18. The van der Waals surface area contributed by atoms with Crippen molar-refractivity contribution in [3.63, 3.8) is 0 Å². The Morgan fingerprint density at radius 1 is 1.00 bits per heavy atom. The Hall–Kier alpha value is -3.64. The normalized spacial score (nSPS) is 11.1. The molecule has 0 unspecified atom stereocenters. The van der Waals surface area contributed by atoms with Crippen LogP contribution in [0.5, 0.6) is 5.75 Å². The predicted octanol–water partition coefficient (Wildman–Crippen LogP) is 4.43. The molecular weight excluding hydrogens is 372 g/mol. The second-order valence-electron chi connectivity index (χ2n) is 6.08. The van der Waals surface area contributed by atoms with Crippen LogP contribution in [0.1, 0.15) is 10.4 Å². The maximum absolute atomic E-state index is 13.0. The molecule has 1 N–H and O–H groups in total. The summed E-state index contributed by atoms with van der Waals surface area (Å²) >= 11 is 1.46. The summed E-state index contributed by atoms with van der Waals surface area (Å²) < 4.78 is 2.63. The molecule has 6 heteroatoms. The van der Waals surface area contributed by atoms with Gasteiger partial charge in [-0.3, -0.25) is 9.36 Å². The largest absolute Gasteiger partial charge is 0.508 e. The standard InChI is InChI=1S/C22H16N2O3S/c25-18-9-4-6-16(14-18)11-12-21(26)24-19(20-10-5-13-28-20)15-23(22(24)27)17-7-2-1-3-8-17/h1-15,25H/b12-11+. The Bertz CT molecular complexity index is 1200. The van der Waals surface area contributed by atoms with Gasteiger partial charge in [0.25, 0.3) is 5.91 Å². The number of aromatic nitrogens is 2. The first-order chi connectivity index (χ1) is 13.6. The molecule has 0 aliphatic carbocycles. The lowest BCUT2D eigenvalue weighted by Crippen LogP contribution is -2.27. The van der Waals surface area contributed by atoms with E-state index in [0.29, 0.717) is 16.9 Å². The van der Waals surface area contributed by atoms with Gasteiger partial charge < -0.3 is 5.11 Å². The zero-order chi connectivity index (χ0) is 19.5. The van der Waals surface area contributed by atoms with E-state index in [1.54, 1.807) is 36.5 Å². The number of hydrogen-bond donors (Lipinski definition) is 1. The van der Waals surface area contributed by atoms with Gasteiger partial charge in [0, 0.05) is 12.3 Å². The highest BCUT2D eigenvalue weighted by molar-refractivity contribution is 7.13. The Kier molecular flexibility index (Phi) is 4.78. The maximum atomic E-state index is 13.0. The van der Waals surface area contributed by atoms with E-state index in [-0.39, 0.29) is 5.75 Å². The number of para-hydroxylation sites is 1. The SMILES string of the molecule is O=C(/C=C/c1cccc(O)c1)n1c(-c2cccs2)cn(-c2ccccc2)c1=O. The van der Waals surface area contributed by atoms with Crippen molar-refractivity contribution in [2.24, 2.45) is 0 Å². The molecule has 2 aromatic heterocycles. The molecule has 0 saturated carbocycles. The summed E-state index contributed by atoms with van der Waals surface area (Å²) in [6, 6.07) is 19.5. The zero-order valence-corrected chi connectivity index (χ0v) is 15.5. The minimum atomic E-state index is -0.452. The minimum absolute atomic E-state index is 0.112. The van der Waals surface area contributed by atoms with Gasteiger partial charge in [0.1, 0.15) is 5.75 Å². The second kappa shape index (κ2) is 7.54. The molecule has 0 aliphatic heterocycles. The van der Waals surface area contributed by atoms with Crippen LogP contribution in [-0.2, 0) is 0 Å². The molecule has 0 spiro atoms. The Balaban J connectivity index is 1.80. The predicted molar refractivity (Wildman–Crippen MR) is 111 cm³/mol. The van der Waals surface area contributed by atoms with E-state index in [1.807, 2.05) is 47.8 Å². The summed E-state index contributed by atoms with van der Waals surface area (Å²) in [5.41, 5.74) is 1.46. The number of rotatable bonds is 4. The first-order valence-corrected chi connectivity index (χ1v) is 9.46. The third-order valence-electron chi connectivity index (χ3n) is 4.21. The Labute approximate surface area is 165 Å². The van der Waals surface area contributed by atoms with Crippen LogP contribution in [0.3, 0.4) is 0 Å². The number of benzene rings is 2. The highest BCUT2D eigenvalue weighted by atomic mass is 32.1. The summed E-state index contributed by atoms with van der Waals surface area (Å²) in [5, 5.41) is 11.5. The van der Waals surface area contributed by atoms with Gasteiger partial charge in [-0.1, -0.05) is 36.4 Å². The van der Waals surface area contributed by atoms with Crippen LogP contribution in [0.25, 0.3) is 22.3 Å². The smallest absolute Gasteiger partial charge is 0.340 e. The Morgan fingerprint density at radius 3 is 2.54 bits per heavy atom. The summed E-state index contributed by atoms with van der Waals surface area (Å²) in [4.78, 5) is 26.7. The van der Waals surface area contributed by atoms with Crippen molar-refractivity contribution in [1.82, 2.24) is 9.13 Å². The number of phenols is 1. The zero-order valence-electron chi connectivity index (χ0n) is 14.7. The molecule has 4 rings (SSSR count). The Morgan fingerprint density at radius 2 is 1.82 bits per heavy atom. The molecule has 2 aromatic carbocycles. The van der Waals surface area contributed by atoms with Crippen molar-refractivity contribution in [3.8, 4) is 22.0 Å². The van der Waals surface area contributed by atoms with E-state index < -0.39 is 11.6 Å². The fraction of sp³-hybridized carbons (Fsp3) is 0. The fourth-order valence-corrected chi connectivity index (χ4v) is 3.63. The lowest BCUT2D eigenvalue weighted by Gasteiger charge is -2.01. The molecule has 0 saturated heterocycles. The molecule has 0 amide bonds. The minimum Gasteiger partial charge on any atom is -0.508 e. The number of carbonyl (C=O) groups excluding carboxylic acids is 1. The third kappa shape index (κ3) is 3.45. The van der Waals surface area contributed by atoms with Gasteiger partial charge >= 0.3 is 5.69 Å². The summed E-state index contributed by atoms with van der Waals surface area (Å²) in [6.07, 6.45) is 4.60. The topological polar surface area (TPSA) is 64.2 Å². The monoisotopic (exact) mass is 388 g/mol. The molecule has 0 atom stereocenters. The van der Waals surface area contributed by atoms with Crippen molar-refractivity contribution < 1.29 is 9.90 Å². The van der Waals surface area contributed by atoms with Crippen molar-refractivity contribution in [3.05, 3.63) is 100 Å². The van der Waals surface area contributed by atoms with Gasteiger partial charge in [-0.25, -0.2) is 9.36 Å². The van der Waals surface area contributed by atoms with E-state index in [0.717, 1.165) is 9.44 Å². The quantitative estimate of drug-likeness (QED) is 0.526. The highest BCUT2D eigenvalue weighted by Crippen LogP contribution is 2.25. The average Bonchev–Trinajstić information content (AvgIpc) is 3.35. The number of imidazole rings is 1. The van der Waals surface area contributed by atoms with Crippen LogP contribution in [0.4, 0.5) is 0 Å². The van der Waals surface area contributed by atoms with Gasteiger partial charge in [0.15, 0.2) is 0 Å². The van der Waals surface area contributed by atoms with E-state index in [2.05, 4.69) is 0 Å². The molecule has 2 heterocycles. The molecule has 0 fully saturated rings. The average molecular weight is 388 g/mol. The number of phenolic OH excluding ortho intramolecular Hbond substituents is 1. The molecule has 138 valence electrons. The van der Waals surface area contributed by atoms with Crippen LogP contribution in [0.2, 0.25) is 0 Å². The van der Waals surface area contributed by atoms with E-state index in [4.69, 9.17) is 0 Å². The number of hydrogen-bond acceptors (Lipinski definition) is 4. The second-order valence-corrected chi connectivity index (χ2v) is 7.03. The molecule has 0 bridgehead atoms. The van der Waals surface area contributed by atoms with Crippen molar-refractivity contribution in [2.75, 3.05) is 0 Å². The van der Waals surface area contributed by atoms with Crippen LogP contribution >= 0.6 is 11.3 Å². The van der Waals surface area contributed by atoms with Crippen LogP contribution in [-0.4, -0.2) is 20.1 Å². The summed E-state index contributed by atoms with van der Waals surface area (Å²) in [6.45, 7) is 0. The van der Waals surface area contributed by atoms with Gasteiger partial charge in [-0.2, -0.15) is 0 Å². The molecule has 4 aromatic rings. The molecular formula is C22H16N2O3S. The van der Waals surface area contributed by atoms with E-state index >= 15 is 0 Å². The fourth-order valence-electron chi connectivity index (χ4n) is 2.90. The summed E-state index contributed by atoms with van der Waals surface area (Å²) in [7, 11) is 0.